The Kier molecular flexibility index (Phi) is 36.6. The zero-order chi connectivity index (χ0) is 45.5. The fourth-order valence-electron chi connectivity index (χ4n) is 7.35. The minimum absolute atomic E-state index is 0.144. The molecule has 4 N–H and O–H groups in total. The predicted molar refractivity (Wildman–Crippen MR) is 247 cm³/mol. The molecule has 1 saturated heterocycles. The average Bonchev–Trinajstić information content (AvgIpc) is 3.24. The van der Waals surface area contributed by atoms with E-state index in [2.05, 4.69) is 50.3 Å². The summed E-state index contributed by atoms with van der Waals surface area (Å²) in [6.45, 7) is 3.73. The van der Waals surface area contributed by atoms with Crippen molar-refractivity contribution in [3.8, 4) is 0 Å². The number of esters is 2. The highest BCUT2D eigenvalue weighted by molar-refractivity contribution is 7.85. The van der Waals surface area contributed by atoms with Crippen LogP contribution in [-0.4, -0.2) is 96.0 Å². The van der Waals surface area contributed by atoms with Gasteiger partial charge in [-0.25, -0.2) is 0 Å². The van der Waals surface area contributed by atoms with Gasteiger partial charge in [-0.2, -0.15) is 8.42 Å². The van der Waals surface area contributed by atoms with E-state index in [0.717, 1.165) is 57.8 Å². The van der Waals surface area contributed by atoms with E-state index in [0.29, 0.717) is 12.8 Å². The Balaban J connectivity index is 2.40. The first-order valence-electron chi connectivity index (χ1n) is 24.5. The van der Waals surface area contributed by atoms with Gasteiger partial charge < -0.3 is 34.3 Å². The minimum Gasteiger partial charge on any atom is -0.462 e. The molecule has 1 fully saturated rings. The van der Waals surface area contributed by atoms with Gasteiger partial charge in [0.15, 0.2) is 12.4 Å². The molecule has 6 atom stereocenters. The second-order valence-corrected chi connectivity index (χ2v) is 18.6. The van der Waals surface area contributed by atoms with Gasteiger partial charge in [-0.1, -0.05) is 159 Å². The molecule has 0 bridgehead atoms. The number of hydrogen-bond donors (Lipinski definition) is 4. The third-order valence-electron chi connectivity index (χ3n) is 11.2. The Morgan fingerprint density at radius 2 is 0.968 bits per heavy atom. The first kappa shape index (κ1) is 57.9. The van der Waals surface area contributed by atoms with Crippen molar-refractivity contribution in [1.82, 2.24) is 0 Å². The Morgan fingerprint density at radius 3 is 1.48 bits per heavy atom. The molecule has 62 heavy (non-hydrogen) atoms. The lowest BCUT2D eigenvalue weighted by atomic mass is 10.00. The summed E-state index contributed by atoms with van der Waals surface area (Å²) in [4.78, 5) is 25.5. The summed E-state index contributed by atoms with van der Waals surface area (Å²) in [5.74, 6) is -2.00. The molecular weight excluding hydrogens is 813 g/mol. The maximum atomic E-state index is 12.8. The van der Waals surface area contributed by atoms with Crippen molar-refractivity contribution >= 4 is 22.1 Å². The number of aliphatic hydroxyl groups is 3. The van der Waals surface area contributed by atoms with E-state index in [1.807, 2.05) is 0 Å². The van der Waals surface area contributed by atoms with Crippen LogP contribution in [0.4, 0.5) is 0 Å². The molecule has 0 aromatic rings. The van der Waals surface area contributed by atoms with Crippen LogP contribution < -0.4 is 0 Å². The number of ether oxygens (including phenoxy) is 4. The van der Waals surface area contributed by atoms with Gasteiger partial charge >= 0.3 is 11.9 Å². The van der Waals surface area contributed by atoms with Crippen molar-refractivity contribution in [2.75, 3.05) is 19.0 Å². The van der Waals surface area contributed by atoms with E-state index in [-0.39, 0.29) is 19.4 Å². The van der Waals surface area contributed by atoms with Gasteiger partial charge in [0, 0.05) is 12.8 Å². The third-order valence-corrected chi connectivity index (χ3v) is 11.9. The SMILES string of the molecule is CCCCC/C=C/C/C=C/CCCCCCCCCCCC(=O)OC[C@H](CO[C@H]1O[C@H](CS(=O)(=O)O)[C@@H](O)C(O)C1O)OC(=O)CCCCC/C=C/CCCCCCCCCC. The molecule has 1 heterocycles. The van der Waals surface area contributed by atoms with Crippen molar-refractivity contribution in [3.63, 3.8) is 0 Å². The maximum absolute atomic E-state index is 12.8. The molecule has 0 aliphatic carbocycles. The standard InChI is InChI=1S/C49H88O12S/c1-3-5-7-9-11-13-15-17-19-20-21-22-24-25-27-29-31-33-35-37-44(50)58-39-42(40-59-49-48(54)47(53)46(52)43(61-49)41-62(55,56)57)60-45(51)38-36-34-32-30-28-26-23-18-16-14-12-10-8-6-4-2/h11,13,17,19,26,28,42-43,46-49,52-54H,3-10,12,14-16,18,20-25,27,29-41H2,1-2H3,(H,55,56,57)/b13-11+,19-17+,28-26+/t42-,43-,46-,47?,48?,49+/m1/s1. The van der Waals surface area contributed by atoms with E-state index in [4.69, 9.17) is 18.9 Å². The van der Waals surface area contributed by atoms with Crippen molar-refractivity contribution in [2.24, 2.45) is 0 Å². The number of carbonyl (C=O) groups excluding carboxylic acids is 2. The highest BCUT2D eigenvalue weighted by atomic mass is 32.2. The number of allylic oxidation sites excluding steroid dienone is 6. The molecule has 0 aromatic carbocycles. The van der Waals surface area contributed by atoms with E-state index >= 15 is 0 Å². The van der Waals surface area contributed by atoms with Gasteiger partial charge in [-0.3, -0.25) is 14.1 Å². The highest BCUT2D eigenvalue weighted by Crippen LogP contribution is 2.24. The summed E-state index contributed by atoms with van der Waals surface area (Å²) in [7, 11) is -4.61. The third kappa shape index (κ3) is 33.4. The van der Waals surface area contributed by atoms with Crippen molar-refractivity contribution in [2.45, 2.75) is 243 Å². The van der Waals surface area contributed by atoms with Crippen molar-refractivity contribution < 1.29 is 56.8 Å². The largest absolute Gasteiger partial charge is 0.462 e. The molecule has 12 nitrogen and oxygen atoms in total. The molecule has 0 spiro atoms. The fraction of sp³-hybridized carbons (Fsp3) is 0.837. The van der Waals surface area contributed by atoms with E-state index in [1.54, 1.807) is 0 Å². The van der Waals surface area contributed by atoms with Gasteiger partial charge in [0.1, 0.15) is 36.8 Å². The van der Waals surface area contributed by atoms with Crippen LogP contribution in [0.25, 0.3) is 0 Å². The quantitative estimate of drug-likeness (QED) is 0.0197. The van der Waals surface area contributed by atoms with E-state index in [1.165, 1.54) is 109 Å². The number of carbonyl (C=O) groups is 2. The minimum atomic E-state index is -4.61. The number of rotatable bonds is 41. The van der Waals surface area contributed by atoms with Crippen LogP contribution in [-0.2, 0) is 38.7 Å². The number of hydrogen-bond acceptors (Lipinski definition) is 11. The summed E-state index contributed by atoms with van der Waals surface area (Å²) >= 11 is 0. The molecule has 0 saturated carbocycles. The Bertz CT molecular complexity index is 1290. The maximum Gasteiger partial charge on any atom is 0.306 e. The Labute approximate surface area is 376 Å². The summed E-state index contributed by atoms with van der Waals surface area (Å²) in [6, 6.07) is 0. The van der Waals surface area contributed by atoms with Crippen LogP contribution >= 0.6 is 0 Å². The van der Waals surface area contributed by atoms with E-state index in [9.17, 15) is 37.9 Å². The topological polar surface area (TPSA) is 186 Å². The monoisotopic (exact) mass is 901 g/mol. The molecule has 0 radical (unpaired) electrons. The lowest BCUT2D eigenvalue weighted by Crippen LogP contribution is -2.60. The predicted octanol–water partition coefficient (Wildman–Crippen LogP) is 10.6. The highest BCUT2D eigenvalue weighted by Gasteiger charge is 2.46. The van der Waals surface area contributed by atoms with Gasteiger partial charge in [-0.15, -0.1) is 0 Å². The molecule has 0 aromatic heterocycles. The van der Waals surface area contributed by atoms with Crippen LogP contribution in [0.15, 0.2) is 36.5 Å². The molecule has 13 heteroatoms. The van der Waals surface area contributed by atoms with Crippen molar-refractivity contribution in [3.05, 3.63) is 36.5 Å². The average molecular weight is 901 g/mol. The second kappa shape index (κ2) is 39.3. The zero-order valence-electron chi connectivity index (χ0n) is 38.7. The molecule has 1 aliphatic heterocycles. The lowest BCUT2D eigenvalue weighted by Gasteiger charge is -2.40. The summed E-state index contributed by atoms with van der Waals surface area (Å²) in [5, 5.41) is 30.9. The van der Waals surface area contributed by atoms with Crippen LogP contribution in [0.2, 0.25) is 0 Å². The Morgan fingerprint density at radius 1 is 0.548 bits per heavy atom. The lowest BCUT2D eigenvalue weighted by molar-refractivity contribution is -0.297. The normalized spacial score (nSPS) is 20.1. The van der Waals surface area contributed by atoms with Crippen molar-refractivity contribution in [1.29, 1.82) is 0 Å². The number of unbranched alkanes of at least 4 members (excludes halogenated alkanes) is 23. The van der Waals surface area contributed by atoms with Crippen LogP contribution in [0.1, 0.15) is 206 Å². The van der Waals surface area contributed by atoms with Crippen LogP contribution in [0.3, 0.4) is 0 Å². The fourth-order valence-corrected chi connectivity index (χ4v) is 8.04. The first-order chi connectivity index (χ1) is 30.0. The molecule has 2 unspecified atom stereocenters. The molecule has 0 amide bonds. The molecule has 1 rings (SSSR count). The first-order valence-corrected chi connectivity index (χ1v) is 26.2. The summed E-state index contributed by atoms with van der Waals surface area (Å²) in [6.07, 6.45) is 36.1. The van der Waals surface area contributed by atoms with Gasteiger partial charge in [-0.05, 0) is 70.6 Å². The van der Waals surface area contributed by atoms with Crippen LogP contribution in [0, 0.1) is 0 Å². The smallest absolute Gasteiger partial charge is 0.306 e. The molecule has 362 valence electrons. The van der Waals surface area contributed by atoms with Gasteiger partial charge in [0.2, 0.25) is 0 Å². The van der Waals surface area contributed by atoms with Gasteiger partial charge in [0.25, 0.3) is 10.1 Å². The van der Waals surface area contributed by atoms with Gasteiger partial charge in [0.05, 0.1) is 6.61 Å². The molecular formula is C49H88O12S. The summed E-state index contributed by atoms with van der Waals surface area (Å²) < 4.78 is 54.1. The summed E-state index contributed by atoms with van der Waals surface area (Å²) in [5.41, 5.74) is 0. The zero-order valence-corrected chi connectivity index (χ0v) is 39.5. The number of aliphatic hydroxyl groups excluding tert-OH is 3. The van der Waals surface area contributed by atoms with E-state index < -0.39 is 71.2 Å². The second-order valence-electron chi connectivity index (χ2n) is 17.1. The molecule has 1 aliphatic rings. The van der Waals surface area contributed by atoms with Crippen LogP contribution in [0.5, 0.6) is 0 Å². The Hall–Kier alpha value is -2.13.